The second kappa shape index (κ2) is 9.60. The molecule has 2 aliphatic rings. The van der Waals surface area contributed by atoms with Crippen LogP contribution in [0.5, 0.6) is 11.5 Å². The van der Waals surface area contributed by atoms with Crippen molar-refractivity contribution in [3.8, 4) is 11.5 Å². The average molecular weight is 418 g/mol. The van der Waals surface area contributed by atoms with Crippen molar-refractivity contribution < 1.29 is 33.4 Å². The fourth-order valence-corrected chi connectivity index (χ4v) is 3.98. The molecule has 9 heteroatoms. The van der Waals surface area contributed by atoms with Crippen molar-refractivity contribution in [2.45, 2.75) is 32.1 Å². The Morgan fingerprint density at radius 2 is 1.67 bits per heavy atom. The van der Waals surface area contributed by atoms with Crippen LogP contribution in [0.15, 0.2) is 18.2 Å². The Hall–Kier alpha value is -3.10. The highest BCUT2D eigenvalue weighted by Crippen LogP contribution is 2.38. The van der Waals surface area contributed by atoms with Gasteiger partial charge in [0.2, 0.25) is 11.8 Å². The quantitative estimate of drug-likeness (QED) is 0.506. The van der Waals surface area contributed by atoms with Gasteiger partial charge in [0.05, 0.1) is 32.5 Å². The first-order valence-electron chi connectivity index (χ1n) is 9.97. The fraction of sp³-hybridized carbons (Fsp3) is 0.524. The predicted octanol–water partition coefficient (Wildman–Crippen LogP) is 1.75. The van der Waals surface area contributed by atoms with Crippen LogP contribution in [0.1, 0.15) is 32.1 Å². The number of hydrogen-bond acceptors (Lipinski definition) is 7. The van der Waals surface area contributed by atoms with Gasteiger partial charge < -0.3 is 19.5 Å². The van der Waals surface area contributed by atoms with E-state index >= 15 is 0 Å². The van der Waals surface area contributed by atoms with E-state index in [1.54, 1.807) is 18.2 Å². The summed E-state index contributed by atoms with van der Waals surface area (Å²) in [5, 5.41) is 2.60. The van der Waals surface area contributed by atoms with Crippen molar-refractivity contribution in [1.29, 1.82) is 0 Å². The highest BCUT2D eigenvalue weighted by atomic mass is 16.5. The lowest BCUT2D eigenvalue weighted by Crippen LogP contribution is -2.33. The van der Waals surface area contributed by atoms with E-state index in [-0.39, 0.29) is 36.6 Å². The number of benzene rings is 1. The number of hydrogen-bond donors (Lipinski definition) is 1. The largest absolute Gasteiger partial charge is 0.493 e. The monoisotopic (exact) mass is 418 g/mol. The molecule has 2 fully saturated rings. The summed E-state index contributed by atoms with van der Waals surface area (Å²) in [6.45, 7) is -0.485. The lowest BCUT2D eigenvalue weighted by atomic mass is 9.81. The molecule has 3 rings (SSSR count). The molecule has 1 saturated heterocycles. The molecular weight excluding hydrogens is 392 g/mol. The van der Waals surface area contributed by atoms with Gasteiger partial charge in [0, 0.05) is 18.3 Å². The van der Waals surface area contributed by atoms with E-state index in [1.807, 2.05) is 0 Å². The van der Waals surface area contributed by atoms with Gasteiger partial charge in [0.25, 0.3) is 5.91 Å². The number of nitrogens with zero attached hydrogens (tertiary/aromatic N) is 1. The molecule has 0 spiro atoms. The van der Waals surface area contributed by atoms with Gasteiger partial charge in [0.15, 0.2) is 18.1 Å². The van der Waals surface area contributed by atoms with Crippen LogP contribution in [0.3, 0.4) is 0 Å². The Balaban J connectivity index is 1.44. The number of anilines is 1. The summed E-state index contributed by atoms with van der Waals surface area (Å²) in [4.78, 5) is 50.0. The van der Waals surface area contributed by atoms with Crippen molar-refractivity contribution in [2.75, 3.05) is 32.7 Å². The minimum Gasteiger partial charge on any atom is -0.493 e. The van der Waals surface area contributed by atoms with E-state index in [4.69, 9.17) is 14.2 Å². The Kier molecular flexibility index (Phi) is 6.91. The number of likely N-dealkylation sites (tertiary alicyclic amines) is 1. The molecule has 1 N–H and O–H groups in total. The van der Waals surface area contributed by atoms with Gasteiger partial charge in [0.1, 0.15) is 0 Å². The molecule has 1 heterocycles. The third-order valence-corrected chi connectivity index (χ3v) is 5.50. The van der Waals surface area contributed by atoms with Gasteiger partial charge in [-0.3, -0.25) is 24.1 Å². The average Bonchev–Trinajstić information content (AvgIpc) is 3.00. The molecule has 1 aliphatic heterocycles. The van der Waals surface area contributed by atoms with Gasteiger partial charge in [-0.15, -0.1) is 0 Å². The molecule has 0 aromatic heterocycles. The first kappa shape index (κ1) is 21.6. The number of esters is 1. The highest BCUT2D eigenvalue weighted by Gasteiger charge is 2.47. The topological polar surface area (TPSA) is 111 Å². The number of carbonyl (C=O) groups excluding carboxylic acids is 4. The van der Waals surface area contributed by atoms with Crippen LogP contribution < -0.4 is 14.8 Å². The molecule has 30 heavy (non-hydrogen) atoms. The lowest BCUT2D eigenvalue weighted by molar-refractivity contribution is -0.148. The number of amides is 3. The Morgan fingerprint density at radius 3 is 2.27 bits per heavy atom. The zero-order chi connectivity index (χ0) is 21.7. The van der Waals surface area contributed by atoms with Crippen LogP contribution in [-0.2, 0) is 23.9 Å². The minimum atomic E-state index is -0.645. The van der Waals surface area contributed by atoms with Crippen molar-refractivity contribution in [3.05, 3.63) is 18.2 Å². The first-order chi connectivity index (χ1) is 14.4. The predicted molar refractivity (Wildman–Crippen MR) is 106 cm³/mol. The van der Waals surface area contributed by atoms with Gasteiger partial charge in [-0.25, -0.2) is 0 Å². The summed E-state index contributed by atoms with van der Waals surface area (Å²) in [6, 6.07) is 4.86. The molecular formula is C21H26N2O7. The Morgan fingerprint density at radius 1 is 1.03 bits per heavy atom. The molecule has 2 atom stereocenters. The van der Waals surface area contributed by atoms with E-state index in [0.717, 1.165) is 25.7 Å². The molecule has 1 aromatic carbocycles. The van der Waals surface area contributed by atoms with Gasteiger partial charge in [-0.05, 0) is 25.0 Å². The molecule has 3 amide bonds. The summed E-state index contributed by atoms with van der Waals surface area (Å²) in [5.74, 6) is -1.06. The fourth-order valence-electron chi connectivity index (χ4n) is 3.98. The van der Waals surface area contributed by atoms with Gasteiger partial charge in [-0.2, -0.15) is 0 Å². The number of imide groups is 1. The summed E-state index contributed by atoms with van der Waals surface area (Å²) >= 11 is 0. The van der Waals surface area contributed by atoms with E-state index in [0.29, 0.717) is 17.2 Å². The number of carbonyl (C=O) groups is 4. The van der Waals surface area contributed by atoms with Crippen molar-refractivity contribution in [1.82, 2.24) is 4.90 Å². The minimum absolute atomic E-state index is 0.0131. The number of fused-ring (bicyclic) bond motifs is 1. The summed E-state index contributed by atoms with van der Waals surface area (Å²) in [5.41, 5.74) is 0.463. The van der Waals surface area contributed by atoms with Gasteiger partial charge in [-0.1, -0.05) is 12.8 Å². The van der Waals surface area contributed by atoms with Crippen molar-refractivity contribution >= 4 is 29.4 Å². The van der Waals surface area contributed by atoms with Crippen molar-refractivity contribution in [2.24, 2.45) is 11.8 Å². The van der Waals surface area contributed by atoms with Crippen molar-refractivity contribution in [3.63, 3.8) is 0 Å². The molecule has 1 aromatic rings. The van der Waals surface area contributed by atoms with Crippen LogP contribution in [0, 0.1) is 11.8 Å². The standard InChI is InChI=1S/C21H26N2O7/c1-28-16-8-7-13(11-17(16)29-2)22-18(24)12-30-19(25)9-10-23-20(26)14-5-3-4-6-15(14)21(23)27/h7-8,11,14-15H,3-6,9-10,12H2,1-2H3,(H,22,24)/t14-,15+. The van der Waals surface area contributed by atoms with E-state index in [2.05, 4.69) is 5.32 Å². The van der Waals surface area contributed by atoms with Crippen LogP contribution in [0.4, 0.5) is 5.69 Å². The van der Waals surface area contributed by atoms with Gasteiger partial charge >= 0.3 is 5.97 Å². The van der Waals surface area contributed by atoms with Crippen LogP contribution >= 0.6 is 0 Å². The maximum Gasteiger partial charge on any atom is 0.308 e. The normalized spacial score (nSPS) is 20.5. The zero-order valence-corrected chi connectivity index (χ0v) is 17.1. The number of ether oxygens (including phenoxy) is 3. The SMILES string of the molecule is COc1ccc(NC(=O)COC(=O)CCN2C(=O)[C@H]3CCCC[C@H]3C2=O)cc1OC. The maximum atomic E-state index is 12.4. The second-order valence-electron chi connectivity index (χ2n) is 7.35. The first-order valence-corrected chi connectivity index (χ1v) is 9.97. The summed E-state index contributed by atoms with van der Waals surface area (Å²) < 4.78 is 15.3. The molecule has 162 valence electrons. The third-order valence-electron chi connectivity index (χ3n) is 5.50. The van der Waals surface area contributed by atoms with Crippen LogP contribution in [-0.4, -0.2) is 56.0 Å². The van der Waals surface area contributed by atoms with Crippen LogP contribution in [0.25, 0.3) is 0 Å². The lowest BCUT2D eigenvalue weighted by Gasteiger charge is -2.19. The van der Waals surface area contributed by atoms with E-state index in [1.165, 1.54) is 19.1 Å². The molecule has 1 saturated carbocycles. The molecule has 0 radical (unpaired) electrons. The molecule has 0 bridgehead atoms. The Labute approximate surface area is 174 Å². The number of nitrogens with one attached hydrogen (secondary N) is 1. The smallest absolute Gasteiger partial charge is 0.308 e. The van der Waals surface area contributed by atoms with Crippen LogP contribution in [0.2, 0.25) is 0 Å². The molecule has 1 aliphatic carbocycles. The summed E-state index contributed by atoms with van der Waals surface area (Å²) in [6.07, 6.45) is 3.22. The molecule has 9 nitrogen and oxygen atoms in total. The second-order valence-corrected chi connectivity index (χ2v) is 7.35. The number of methoxy groups -OCH3 is 2. The van der Waals surface area contributed by atoms with E-state index in [9.17, 15) is 19.2 Å². The Bertz CT molecular complexity index is 815. The summed E-state index contributed by atoms with van der Waals surface area (Å²) in [7, 11) is 2.99. The zero-order valence-electron chi connectivity index (χ0n) is 17.1. The number of rotatable bonds is 8. The maximum absolute atomic E-state index is 12.4. The third kappa shape index (κ3) is 4.72. The highest BCUT2D eigenvalue weighted by molar-refractivity contribution is 6.05. The van der Waals surface area contributed by atoms with E-state index < -0.39 is 18.5 Å². The molecule has 0 unspecified atom stereocenters.